The van der Waals surface area contributed by atoms with Crippen molar-refractivity contribution in [1.29, 1.82) is 0 Å². The van der Waals surface area contributed by atoms with Gasteiger partial charge in [-0.25, -0.2) is 0 Å². The number of fused-ring (bicyclic) bond motifs is 1. The number of nitrogens with one attached hydrogen (secondary N) is 3. The topological polar surface area (TPSA) is 73.6 Å². The van der Waals surface area contributed by atoms with Crippen molar-refractivity contribution in [2.24, 2.45) is 0 Å². The molecular formula is C12H10N4O. The first-order chi connectivity index (χ1) is 8.34. The molecule has 0 fully saturated rings. The van der Waals surface area contributed by atoms with Gasteiger partial charge in [-0.2, -0.15) is 5.10 Å². The summed E-state index contributed by atoms with van der Waals surface area (Å²) in [5.74, 6) is -0.149. The van der Waals surface area contributed by atoms with Crippen LogP contribution in [0.4, 0.5) is 5.69 Å². The molecule has 2 aromatic heterocycles. The van der Waals surface area contributed by atoms with Gasteiger partial charge in [-0.15, -0.1) is 0 Å². The number of aromatic nitrogens is 3. The van der Waals surface area contributed by atoms with E-state index in [0.717, 1.165) is 10.9 Å². The van der Waals surface area contributed by atoms with Gasteiger partial charge in [-0.3, -0.25) is 9.89 Å². The second kappa shape index (κ2) is 3.79. The fourth-order valence-electron chi connectivity index (χ4n) is 1.78. The minimum absolute atomic E-state index is 0.149. The summed E-state index contributed by atoms with van der Waals surface area (Å²) in [6, 6.07) is 7.68. The van der Waals surface area contributed by atoms with Crippen molar-refractivity contribution in [2.75, 3.05) is 5.32 Å². The van der Waals surface area contributed by atoms with Gasteiger partial charge in [0.2, 0.25) is 0 Å². The van der Waals surface area contributed by atoms with E-state index in [2.05, 4.69) is 20.5 Å². The zero-order chi connectivity index (χ0) is 11.7. The summed E-state index contributed by atoms with van der Waals surface area (Å²) in [5, 5.41) is 10.1. The predicted molar refractivity (Wildman–Crippen MR) is 64.8 cm³/mol. The molecule has 0 aliphatic heterocycles. The van der Waals surface area contributed by atoms with Crippen molar-refractivity contribution in [2.45, 2.75) is 0 Å². The summed E-state index contributed by atoms with van der Waals surface area (Å²) in [6.07, 6.45) is 4.90. The lowest BCUT2D eigenvalue weighted by molar-refractivity contribution is 0.102. The second-order valence-electron chi connectivity index (χ2n) is 3.69. The van der Waals surface area contributed by atoms with Crippen molar-refractivity contribution in [3.63, 3.8) is 0 Å². The monoisotopic (exact) mass is 226 g/mol. The van der Waals surface area contributed by atoms with E-state index in [-0.39, 0.29) is 5.91 Å². The zero-order valence-electron chi connectivity index (χ0n) is 8.90. The number of H-pyrrole nitrogens is 2. The summed E-state index contributed by atoms with van der Waals surface area (Å²) < 4.78 is 0. The predicted octanol–water partition coefficient (Wildman–Crippen LogP) is 2.14. The summed E-state index contributed by atoms with van der Waals surface area (Å²) in [4.78, 5) is 15.1. The zero-order valence-corrected chi connectivity index (χ0v) is 8.90. The molecule has 2 heterocycles. The first kappa shape index (κ1) is 9.65. The number of rotatable bonds is 2. The summed E-state index contributed by atoms with van der Waals surface area (Å²) in [5.41, 5.74) is 2.23. The van der Waals surface area contributed by atoms with E-state index in [4.69, 9.17) is 0 Å². The smallest absolute Gasteiger partial charge is 0.257 e. The van der Waals surface area contributed by atoms with E-state index in [9.17, 15) is 4.79 Å². The Hall–Kier alpha value is -2.56. The van der Waals surface area contributed by atoms with Crippen molar-refractivity contribution >= 4 is 22.5 Å². The normalized spacial score (nSPS) is 10.6. The molecule has 3 aromatic rings. The highest BCUT2D eigenvalue weighted by Crippen LogP contribution is 2.18. The summed E-state index contributed by atoms with van der Waals surface area (Å²) in [7, 11) is 0. The highest BCUT2D eigenvalue weighted by molar-refractivity contribution is 6.12. The largest absolute Gasteiger partial charge is 0.360 e. The molecule has 0 atom stereocenters. The molecule has 0 aliphatic rings. The average molecular weight is 226 g/mol. The van der Waals surface area contributed by atoms with E-state index in [0.29, 0.717) is 11.3 Å². The van der Waals surface area contributed by atoms with E-state index < -0.39 is 0 Å². The molecule has 5 nitrogen and oxygen atoms in total. The molecule has 0 unspecified atom stereocenters. The van der Waals surface area contributed by atoms with Gasteiger partial charge in [0.05, 0.1) is 17.4 Å². The molecule has 0 bridgehead atoms. The molecule has 3 rings (SSSR count). The number of anilines is 1. The number of hydrogen-bond acceptors (Lipinski definition) is 2. The molecular weight excluding hydrogens is 216 g/mol. The quantitative estimate of drug-likeness (QED) is 0.626. The van der Waals surface area contributed by atoms with Crippen LogP contribution >= 0.6 is 0 Å². The van der Waals surface area contributed by atoms with E-state index in [1.807, 2.05) is 24.3 Å². The SMILES string of the molecule is O=C(Nc1cn[nH]c1)c1c[nH]c2ccccc12. The third-order valence-electron chi connectivity index (χ3n) is 2.59. The minimum Gasteiger partial charge on any atom is -0.360 e. The molecule has 5 heteroatoms. The molecule has 0 spiro atoms. The fourth-order valence-corrected chi connectivity index (χ4v) is 1.78. The number of nitrogens with zero attached hydrogens (tertiary/aromatic N) is 1. The Morgan fingerprint density at radius 2 is 2.12 bits per heavy atom. The Labute approximate surface area is 96.9 Å². The Kier molecular flexibility index (Phi) is 2.15. The Balaban J connectivity index is 1.96. The molecule has 0 saturated heterocycles. The van der Waals surface area contributed by atoms with Gasteiger partial charge < -0.3 is 10.3 Å². The molecule has 0 aliphatic carbocycles. The van der Waals surface area contributed by atoms with Crippen LogP contribution in [0.25, 0.3) is 10.9 Å². The summed E-state index contributed by atoms with van der Waals surface area (Å²) >= 11 is 0. The number of carbonyl (C=O) groups excluding carboxylic acids is 1. The molecule has 3 N–H and O–H groups in total. The van der Waals surface area contributed by atoms with Gasteiger partial charge in [-0.05, 0) is 6.07 Å². The molecule has 0 saturated carbocycles. The lowest BCUT2D eigenvalue weighted by Crippen LogP contribution is -2.10. The van der Waals surface area contributed by atoms with Crippen LogP contribution in [0.15, 0.2) is 42.9 Å². The Bertz CT molecular complexity index is 654. The standard InChI is InChI=1S/C12H10N4O/c17-12(16-8-5-14-15-6-8)10-7-13-11-4-2-1-3-9(10)11/h1-7,13H,(H,14,15)(H,16,17). The van der Waals surface area contributed by atoms with Crippen LogP contribution in [0.1, 0.15) is 10.4 Å². The Morgan fingerprint density at radius 3 is 2.94 bits per heavy atom. The first-order valence-electron chi connectivity index (χ1n) is 5.21. The molecule has 84 valence electrons. The highest BCUT2D eigenvalue weighted by atomic mass is 16.1. The molecule has 0 radical (unpaired) electrons. The van der Waals surface area contributed by atoms with Crippen LogP contribution in [-0.4, -0.2) is 21.1 Å². The number of aromatic amines is 2. The number of para-hydroxylation sites is 1. The van der Waals surface area contributed by atoms with Gasteiger partial charge in [0.1, 0.15) is 0 Å². The van der Waals surface area contributed by atoms with Crippen molar-refractivity contribution in [1.82, 2.24) is 15.2 Å². The molecule has 1 aromatic carbocycles. The van der Waals surface area contributed by atoms with Gasteiger partial charge in [0.25, 0.3) is 5.91 Å². The van der Waals surface area contributed by atoms with Gasteiger partial charge in [0.15, 0.2) is 0 Å². The number of benzene rings is 1. The summed E-state index contributed by atoms with van der Waals surface area (Å²) in [6.45, 7) is 0. The van der Waals surface area contributed by atoms with Crippen LogP contribution in [-0.2, 0) is 0 Å². The maximum absolute atomic E-state index is 12.0. The maximum Gasteiger partial charge on any atom is 0.257 e. The number of carbonyl (C=O) groups is 1. The van der Waals surface area contributed by atoms with E-state index in [1.165, 1.54) is 0 Å². The maximum atomic E-state index is 12.0. The van der Waals surface area contributed by atoms with Crippen molar-refractivity contribution in [3.8, 4) is 0 Å². The van der Waals surface area contributed by atoms with E-state index >= 15 is 0 Å². The lowest BCUT2D eigenvalue weighted by atomic mass is 10.1. The highest BCUT2D eigenvalue weighted by Gasteiger charge is 2.11. The van der Waals surface area contributed by atoms with Crippen molar-refractivity contribution < 1.29 is 4.79 Å². The minimum atomic E-state index is -0.149. The Morgan fingerprint density at radius 1 is 1.24 bits per heavy atom. The number of hydrogen-bond donors (Lipinski definition) is 3. The fraction of sp³-hybridized carbons (Fsp3) is 0. The number of amides is 1. The van der Waals surface area contributed by atoms with Crippen LogP contribution in [0, 0.1) is 0 Å². The second-order valence-corrected chi connectivity index (χ2v) is 3.69. The van der Waals surface area contributed by atoms with E-state index in [1.54, 1.807) is 18.6 Å². The van der Waals surface area contributed by atoms with Crippen LogP contribution < -0.4 is 5.32 Å². The third-order valence-corrected chi connectivity index (χ3v) is 2.59. The van der Waals surface area contributed by atoms with Crippen LogP contribution in [0.2, 0.25) is 0 Å². The van der Waals surface area contributed by atoms with Gasteiger partial charge in [0, 0.05) is 23.3 Å². The lowest BCUT2D eigenvalue weighted by Gasteiger charge is -2.00. The van der Waals surface area contributed by atoms with Gasteiger partial charge in [-0.1, -0.05) is 18.2 Å². The van der Waals surface area contributed by atoms with Crippen LogP contribution in [0.3, 0.4) is 0 Å². The third kappa shape index (κ3) is 1.67. The van der Waals surface area contributed by atoms with Crippen molar-refractivity contribution in [3.05, 3.63) is 48.4 Å². The average Bonchev–Trinajstić information content (AvgIpc) is 2.96. The first-order valence-corrected chi connectivity index (χ1v) is 5.21. The molecule has 17 heavy (non-hydrogen) atoms. The molecule has 1 amide bonds. The van der Waals surface area contributed by atoms with Gasteiger partial charge >= 0.3 is 0 Å². The van der Waals surface area contributed by atoms with Crippen LogP contribution in [0.5, 0.6) is 0 Å².